The predicted molar refractivity (Wildman–Crippen MR) is 139 cm³/mol. The van der Waals surface area contributed by atoms with Gasteiger partial charge in [0.1, 0.15) is 11.5 Å². The molecule has 0 radical (unpaired) electrons. The number of aliphatic hydroxyl groups excluding tert-OH is 1. The third-order valence-corrected chi connectivity index (χ3v) is 8.43. The number of nitrogens with one attached hydrogen (secondary N) is 1. The van der Waals surface area contributed by atoms with Crippen LogP contribution in [-0.2, 0) is 20.7 Å². The van der Waals surface area contributed by atoms with E-state index >= 15 is 0 Å². The maximum Gasteiger partial charge on any atom is 0.303 e. The summed E-state index contributed by atoms with van der Waals surface area (Å²) in [6.07, 6.45) is 7.09. The van der Waals surface area contributed by atoms with Crippen molar-refractivity contribution in [1.82, 2.24) is 5.32 Å². The molecule has 1 saturated heterocycles. The van der Waals surface area contributed by atoms with Crippen LogP contribution in [0.25, 0.3) is 0 Å². The highest BCUT2D eigenvalue weighted by Crippen LogP contribution is 2.58. The Morgan fingerprint density at radius 1 is 1.22 bits per heavy atom. The molecule has 1 unspecified atom stereocenters. The average molecular weight is 494 g/mol. The van der Waals surface area contributed by atoms with Gasteiger partial charge in [-0.25, -0.2) is 0 Å². The highest BCUT2D eigenvalue weighted by Gasteiger charge is 2.68. The first-order valence-corrected chi connectivity index (χ1v) is 12.9. The van der Waals surface area contributed by atoms with Gasteiger partial charge in [0.25, 0.3) is 0 Å². The molecule has 1 aromatic rings. The molecule has 3 N–H and O–H groups in total. The lowest BCUT2D eigenvalue weighted by atomic mass is 9.51. The Labute approximate surface area is 214 Å². The van der Waals surface area contributed by atoms with Crippen LogP contribution < -0.4 is 5.32 Å². The first kappa shape index (κ1) is 26.4. The zero-order chi connectivity index (χ0) is 26.3. The SMILES string of the molecule is C=C1[C@@H](C)[C@H]2[C@H](Cc3ccccc3)NC(=O)C23[C@H](OC(C)=O)/C=C/[C@@](C)(O)C[C@@H](C)C/C=C/[C@H]3[C@@H]1O. The van der Waals surface area contributed by atoms with E-state index in [1.54, 1.807) is 19.1 Å². The number of benzene rings is 1. The lowest BCUT2D eigenvalue weighted by molar-refractivity contribution is -0.166. The molecule has 9 atom stereocenters. The smallest absolute Gasteiger partial charge is 0.303 e. The summed E-state index contributed by atoms with van der Waals surface area (Å²) in [7, 11) is 0. The Hall–Kier alpha value is -2.70. The molecule has 6 heteroatoms. The number of carbonyl (C=O) groups excluding carboxylic acids is 2. The van der Waals surface area contributed by atoms with Gasteiger partial charge >= 0.3 is 5.97 Å². The van der Waals surface area contributed by atoms with Gasteiger partial charge in [0.2, 0.25) is 5.91 Å². The average Bonchev–Trinajstić information content (AvgIpc) is 3.08. The fourth-order valence-corrected chi connectivity index (χ4v) is 6.90. The van der Waals surface area contributed by atoms with Crippen molar-refractivity contribution in [3.8, 4) is 0 Å². The van der Waals surface area contributed by atoms with E-state index in [-0.39, 0.29) is 29.7 Å². The number of rotatable bonds is 3. The Bertz CT molecular complexity index is 1060. The second-order valence-electron chi connectivity index (χ2n) is 11.3. The van der Waals surface area contributed by atoms with Gasteiger partial charge < -0.3 is 20.3 Å². The Morgan fingerprint density at radius 2 is 1.92 bits per heavy atom. The van der Waals surface area contributed by atoms with Gasteiger partial charge in [-0.05, 0) is 55.2 Å². The lowest BCUT2D eigenvalue weighted by Crippen LogP contribution is -2.60. The van der Waals surface area contributed by atoms with Gasteiger partial charge in [0, 0.05) is 24.8 Å². The number of aliphatic hydroxyl groups is 2. The molecule has 3 aliphatic rings. The van der Waals surface area contributed by atoms with Crippen molar-refractivity contribution in [3.63, 3.8) is 0 Å². The van der Waals surface area contributed by atoms with Gasteiger partial charge in [-0.15, -0.1) is 0 Å². The molecular formula is C30H39NO5. The normalized spacial score (nSPS) is 42.3. The van der Waals surface area contributed by atoms with Crippen molar-refractivity contribution in [3.05, 3.63) is 72.4 Å². The van der Waals surface area contributed by atoms with Gasteiger partial charge in [-0.1, -0.05) is 69.0 Å². The summed E-state index contributed by atoms with van der Waals surface area (Å²) in [5.74, 6) is -1.75. The first-order chi connectivity index (χ1) is 17.0. The Morgan fingerprint density at radius 3 is 2.58 bits per heavy atom. The number of ether oxygens (including phenoxy) is 1. The second kappa shape index (κ2) is 9.98. The second-order valence-corrected chi connectivity index (χ2v) is 11.3. The largest absolute Gasteiger partial charge is 0.457 e. The predicted octanol–water partition coefficient (Wildman–Crippen LogP) is 3.74. The molecule has 2 aliphatic carbocycles. The molecule has 1 aliphatic heterocycles. The third kappa shape index (κ3) is 4.69. The molecular weight excluding hydrogens is 454 g/mol. The quantitative estimate of drug-likeness (QED) is 0.440. The number of allylic oxidation sites excluding steroid dienone is 1. The van der Waals surface area contributed by atoms with Crippen LogP contribution in [0.3, 0.4) is 0 Å². The zero-order valence-electron chi connectivity index (χ0n) is 21.7. The lowest BCUT2D eigenvalue weighted by Gasteiger charge is -2.52. The highest BCUT2D eigenvalue weighted by atomic mass is 16.5. The molecule has 1 saturated carbocycles. The zero-order valence-corrected chi connectivity index (χ0v) is 21.7. The fraction of sp³-hybridized carbons (Fsp3) is 0.533. The van der Waals surface area contributed by atoms with E-state index in [9.17, 15) is 19.8 Å². The van der Waals surface area contributed by atoms with E-state index in [0.717, 1.165) is 5.56 Å². The van der Waals surface area contributed by atoms with Gasteiger partial charge in [-0.2, -0.15) is 0 Å². The van der Waals surface area contributed by atoms with Crippen LogP contribution in [0.5, 0.6) is 0 Å². The number of carbonyl (C=O) groups is 2. The summed E-state index contributed by atoms with van der Waals surface area (Å²) in [6, 6.07) is 9.73. The fourth-order valence-electron chi connectivity index (χ4n) is 6.90. The minimum absolute atomic E-state index is 0.170. The molecule has 1 spiro atoms. The van der Waals surface area contributed by atoms with Crippen LogP contribution in [0.15, 0.2) is 66.8 Å². The summed E-state index contributed by atoms with van der Waals surface area (Å²) < 4.78 is 5.89. The third-order valence-electron chi connectivity index (χ3n) is 8.43. The van der Waals surface area contributed by atoms with Crippen molar-refractivity contribution in [2.24, 2.45) is 29.1 Å². The Balaban J connectivity index is 1.92. The molecule has 194 valence electrons. The van der Waals surface area contributed by atoms with Crippen LogP contribution >= 0.6 is 0 Å². The van der Waals surface area contributed by atoms with Crippen LogP contribution in [0.2, 0.25) is 0 Å². The van der Waals surface area contributed by atoms with Gasteiger partial charge in [-0.3, -0.25) is 9.59 Å². The molecule has 1 aromatic carbocycles. The van der Waals surface area contributed by atoms with Crippen molar-refractivity contribution >= 4 is 11.9 Å². The van der Waals surface area contributed by atoms with Crippen molar-refractivity contribution in [1.29, 1.82) is 0 Å². The minimum Gasteiger partial charge on any atom is -0.457 e. The maximum absolute atomic E-state index is 14.2. The topological polar surface area (TPSA) is 95.9 Å². The molecule has 6 nitrogen and oxygen atoms in total. The van der Waals surface area contributed by atoms with Crippen LogP contribution in [-0.4, -0.2) is 45.9 Å². The van der Waals surface area contributed by atoms with E-state index in [1.165, 1.54) is 6.92 Å². The van der Waals surface area contributed by atoms with Crippen molar-refractivity contribution in [2.75, 3.05) is 0 Å². The number of amides is 1. The van der Waals surface area contributed by atoms with Crippen molar-refractivity contribution < 1.29 is 24.5 Å². The molecule has 2 fully saturated rings. The number of esters is 1. The van der Waals surface area contributed by atoms with Gasteiger partial charge in [0.15, 0.2) is 0 Å². The monoisotopic (exact) mass is 493 g/mol. The maximum atomic E-state index is 14.2. The van der Waals surface area contributed by atoms with Crippen LogP contribution in [0.1, 0.15) is 46.1 Å². The Kier molecular flexibility index (Phi) is 7.31. The number of hydrogen-bond donors (Lipinski definition) is 3. The summed E-state index contributed by atoms with van der Waals surface area (Å²) in [4.78, 5) is 26.5. The summed E-state index contributed by atoms with van der Waals surface area (Å²) in [6.45, 7) is 11.3. The molecule has 4 rings (SSSR count). The molecule has 0 bridgehead atoms. The van der Waals surface area contributed by atoms with Gasteiger partial charge in [0.05, 0.1) is 11.7 Å². The van der Waals surface area contributed by atoms with E-state index in [2.05, 4.69) is 18.8 Å². The first-order valence-electron chi connectivity index (χ1n) is 12.9. The van der Waals surface area contributed by atoms with Crippen LogP contribution in [0, 0.1) is 29.1 Å². The summed E-state index contributed by atoms with van der Waals surface area (Å²) in [5, 5.41) is 25.8. The molecule has 1 amide bonds. The van der Waals surface area contributed by atoms with E-state index in [0.29, 0.717) is 24.8 Å². The van der Waals surface area contributed by atoms with E-state index < -0.39 is 35.1 Å². The van der Waals surface area contributed by atoms with E-state index in [4.69, 9.17) is 4.74 Å². The molecule has 0 aromatic heterocycles. The standard InChI is InChI=1S/C30H39NO5/c1-18-10-9-13-23-27(33)20(3)19(2)26-24(16-22-11-7-6-8-12-22)31-28(34)30(23,26)25(36-21(4)32)14-15-29(5,35)17-18/h6-9,11-15,18-19,23-27,33,35H,3,10,16-17H2,1-2,4-5H3,(H,31,34)/b13-9+,15-14+/t18-,19+,23-,24-,25+,26-,27+,29+,30?/m0/s1. The molecule has 36 heavy (non-hydrogen) atoms. The molecule has 1 heterocycles. The van der Waals surface area contributed by atoms with E-state index in [1.807, 2.05) is 49.4 Å². The van der Waals surface area contributed by atoms with Crippen molar-refractivity contribution in [2.45, 2.75) is 70.8 Å². The number of hydrogen-bond acceptors (Lipinski definition) is 5. The highest BCUT2D eigenvalue weighted by molar-refractivity contribution is 5.89. The minimum atomic E-state index is -1.26. The van der Waals surface area contributed by atoms with Crippen LogP contribution in [0.4, 0.5) is 0 Å². The summed E-state index contributed by atoms with van der Waals surface area (Å²) >= 11 is 0. The summed E-state index contributed by atoms with van der Waals surface area (Å²) in [5.41, 5.74) is -0.635.